The highest BCUT2D eigenvalue weighted by molar-refractivity contribution is 5.76. The molecule has 22 heavy (non-hydrogen) atoms. The first kappa shape index (κ1) is 20.5. The molecule has 0 radical (unpaired) electrons. The Kier molecular flexibility index (Phi) is 11.3. The van der Waals surface area contributed by atoms with Crippen LogP contribution in [0.1, 0.15) is 64.7 Å². The first-order valence-electron chi connectivity index (χ1n) is 7.72. The number of halogens is 3. The summed E-state index contributed by atoms with van der Waals surface area (Å²) in [5.41, 5.74) is 0. The van der Waals surface area contributed by atoms with Crippen molar-refractivity contribution in [1.29, 1.82) is 0 Å². The summed E-state index contributed by atoms with van der Waals surface area (Å²) in [7, 11) is 0. The molecule has 0 aliphatic heterocycles. The van der Waals surface area contributed by atoms with E-state index in [9.17, 15) is 18.0 Å². The normalized spacial score (nSPS) is 12.8. The van der Waals surface area contributed by atoms with E-state index < -0.39 is 18.1 Å². The van der Waals surface area contributed by atoms with E-state index in [1.165, 1.54) is 44.6 Å². The van der Waals surface area contributed by atoms with Crippen LogP contribution < -0.4 is 0 Å². The van der Waals surface area contributed by atoms with Gasteiger partial charge >= 0.3 is 12.1 Å². The number of rotatable bonds is 11. The van der Waals surface area contributed by atoms with Crippen LogP contribution in [0.2, 0.25) is 0 Å². The van der Waals surface area contributed by atoms with E-state index in [4.69, 9.17) is 5.11 Å². The quantitative estimate of drug-likeness (QED) is 0.234. The van der Waals surface area contributed by atoms with Gasteiger partial charge in [0.1, 0.15) is 0 Å². The fourth-order valence-electron chi connectivity index (χ4n) is 1.83. The van der Waals surface area contributed by atoms with Crippen molar-refractivity contribution in [1.82, 2.24) is 0 Å². The SMILES string of the molecule is CCCCCCCCCC/C=C/C=C(/O)OC(=O)C(F)(F)F. The number of aliphatic hydroxyl groups excluding tert-OH is 1. The molecule has 0 rings (SSSR count). The average Bonchev–Trinajstić information content (AvgIpc) is 2.43. The van der Waals surface area contributed by atoms with E-state index in [-0.39, 0.29) is 0 Å². The van der Waals surface area contributed by atoms with Gasteiger partial charge in [-0.15, -0.1) is 0 Å². The highest BCUT2D eigenvalue weighted by Crippen LogP contribution is 2.17. The van der Waals surface area contributed by atoms with Gasteiger partial charge in [-0.3, -0.25) is 0 Å². The van der Waals surface area contributed by atoms with Crippen molar-refractivity contribution in [2.75, 3.05) is 0 Å². The van der Waals surface area contributed by atoms with Crippen LogP contribution in [0.5, 0.6) is 0 Å². The van der Waals surface area contributed by atoms with Gasteiger partial charge in [0.15, 0.2) is 0 Å². The van der Waals surface area contributed by atoms with Crippen molar-refractivity contribution in [3.05, 3.63) is 24.2 Å². The molecule has 0 aromatic carbocycles. The average molecular weight is 322 g/mol. The van der Waals surface area contributed by atoms with E-state index >= 15 is 0 Å². The molecule has 0 bridgehead atoms. The molecule has 0 aliphatic carbocycles. The first-order valence-corrected chi connectivity index (χ1v) is 7.72. The summed E-state index contributed by atoms with van der Waals surface area (Å²) in [6, 6.07) is 0. The van der Waals surface area contributed by atoms with Crippen molar-refractivity contribution >= 4 is 5.97 Å². The molecular weight excluding hydrogens is 297 g/mol. The summed E-state index contributed by atoms with van der Waals surface area (Å²) >= 11 is 0. The number of allylic oxidation sites excluding steroid dienone is 3. The largest absolute Gasteiger partial charge is 0.491 e. The highest BCUT2D eigenvalue weighted by atomic mass is 19.4. The van der Waals surface area contributed by atoms with E-state index in [1.54, 1.807) is 6.08 Å². The van der Waals surface area contributed by atoms with Gasteiger partial charge in [0.2, 0.25) is 0 Å². The van der Waals surface area contributed by atoms with Gasteiger partial charge in [-0.25, -0.2) is 4.79 Å². The standard InChI is InChI=1S/C16H25F3O3/c1-2-3-4-5-6-7-8-9-10-11-12-13-14(20)22-15(21)16(17,18)19/h11-13,20H,2-10H2,1H3/b12-11+,14-13-. The Hall–Kier alpha value is -1.46. The summed E-state index contributed by atoms with van der Waals surface area (Å²) in [4.78, 5) is 10.4. The minimum absolute atomic E-state index is 0.770. The molecule has 0 fully saturated rings. The Morgan fingerprint density at radius 1 is 1.05 bits per heavy atom. The van der Waals surface area contributed by atoms with Crippen LogP contribution in [-0.2, 0) is 9.53 Å². The van der Waals surface area contributed by atoms with E-state index in [0.717, 1.165) is 25.3 Å². The number of hydrogen-bond acceptors (Lipinski definition) is 3. The predicted octanol–water partition coefficient (Wildman–Crippen LogP) is 5.58. The molecule has 0 saturated carbocycles. The molecule has 0 spiro atoms. The van der Waals surface area contributed by atoms with Crippen LogP contribution in [0.25, 0.3) is 0 Å². The van der Waals surface area contributed by atoms with Crippen LogP contribution in [0.3, 0.4) is 0 Å². The van der Waals surface area contributed by atoms with Crippen molar-refractivity contribution in [3.8, 4) is 0 Å². The van der Waals surface area contributed by atoms with Gasteiger partial charge in [0.05, 0.1) is 0 Å². The third kappa shape index (κ3) is 12.3. The minimum atomic E-state index is -5.11. The third-order valence-electron chi connectivity index (χ3n) is 3.03. The zero-order chi connectivity index (χ0) is 16.8. The molecular formula is C16H25F3O3. The number of carbonyl (C=O) groups excluding carboxylic acids is 1. The summed E-state index contributed by atoms with van der Waals surface area (Å²) in [5.74, 6) is -3.49. The Labute approximate surface area is 129 Å². The number of aliphatic hydroxyl groups is 1. The fraction of sp³-hybridized carbons (Fsp3) is 0.688. The lowest BCUT2D eigenvalue weighted by molar-refractivity contribution is -0.199. The van der Waals surface area contributed by atoms with Gasteiger partial charge in [-0.05, 0) is 12.8 Å². The van der Waals surface area contributed by atoms with Gasteiger partial charge < -0.3 is 9.84 Å². The molecule has 3 nitrogen and oxygen atoms in total. The van der Waals surface area contributed by atoms with Crippen LogP contribution >= 0.6 is 0 Å². The van der Waals surface area contributed by atoms with E-state index in [1.807, 2.05) is 0 Å². The molecule has 0 heterocycles. The number of ether oxygens (including phenoxy) is 1. The topological polar surface area (TPSA) is 46.5 Å². The van der Waals surface area contributed by atoms with Gasteiger partial charge in [0, 0.05) is 6.08 Å². The number of unbranched alkanes of at least 4 members (excludes halogenated alkanes) is 8. The van der Waals surface area contributed by atoms with Gasteiger partial charge in [-0.1, -0.05) is 64.0 Å². The predicted molar refractivity (Wildman–Crippen MR) is 79.2 cm³/mol. The number of alkyl halides is 3. The molecule has 0 amide bonds. The monoisotopic (exact) mass is 322 g/mol. The number of carbonyl (C=O) groups is 1. The smallest absolute Gasteiger partial charge is 0.481 e. The van der Waals surface area contributed by atoms with E-state index in [2.05, 4.69) is 11.7 Å². The maximum atomic E-state index is 11.8. The Balaban J connectivity index is 3.65. The first-order chi connectivity index (χ1) is 10.4. The zero-order valence-electron chi connectivity index (χ0n) is 13.0. The molecule has 0 unspecified atom stereocenters. The van der Waals surface area contributed by atoms with E-state index in [0.29, 0.717) is 0 Å². The molecule has 0 aromatic heterocycles. The Morgan fingerprint density at radius 2 is 1.59 bits per heavy atom. The van der Waals surface area contributed by atoms with Crippen molar-refractivity contribution < 1.29 is 27.8 Å². The summed E-state index contributed by atoms with van der Waals surface area (Å²) in [6.45, 7) is 2.18. The summed E-state index contributed by atoms with van der Waals surface area (Å²) in [5, 5.41) is 8.99. The van der Waals surface area contributed by atoms with Crippen molar-refractivity contribution in [2.45, 2.75) is 70.9 Å². The van der Waals surface area contributed by atoms with Crippen LogP contribution in [0.15, 0.2) is 24.2 Å². The summed E-state index contributed by atoms with van der Waals surface area (Å²) < 4.78 is 39.2. The maximum Gasteiger partial charge on any atom is 0.491 e. The van der Waals surface area contributed by atoms with Crippen molar-refractivity contribution in [2.24, 2.45) is 0 Å². The maximum absolute atomic E-state index is 11.8. The third-order valence-corrected chi connectivity index (χ3v) is 3.03. The molecule has 0 aliphatic rings. The van der Waals surface area contributed by atoms with Crippen LogP contribution in [0.4, 0.5) is 13.2 Å². The number of hydrogen-bond donors (Lipinski definition) is 1. The lowest BCUT2D eigenvalue weighted by atomic mass is 10.1. The minimum Gasteiger partial charge on any atom is -0.481 e. The lowest BCUT2D eigenvalue weighted by Gasteiger charge is -2.04. The Morgan fingerprint density at radius 3 is 2.14 bits per heavy atom. The second kappa shape index (κ2) is 12.1. The van der Waals surface area contributed by atoms with Crippen molar-refractivity contribution in [3.63, 3.8) is 0 Å². The zero-order valence-corrected chi connectivity index (χ0v) is 13.0. The molecule has 0 aromatic rings. The lowest BCUT2D eigenvalue weighted by Crippen LogP contribution is -2.25. The molecule has 1 N–H and O–H groups in total. The Bertz CT molecular complexity index is 360. The van der Waals surface area contributed by atoms with Crippen LogP contribution in [-0.4, -0.2) is 17.3 Å². The highest BCUT2D eigenvalue weighted by Gasteiger charge is 2.41. The second-order valence-electron chi connectivity index (χ2n) is 5.08. The molecule has 128 valence electrons. The van der Waals surface area contributed by atoms with Crippen LogP contribution in [0, 0.1) is 0 Å². The fourth-order valence-corrected chi connectivity index (χ4v) is 1.83. The molecule has 0 atom stereocenters. The van der Waals surface area contributed by atoms with Gasteiger partial charge in [0.25, 0.3) is 5.95 Å². The molecule has 6 heteroatoms. The summed E-state index contributed by atoms with van der Waals surface area (Å²) in [6.07, 6.45) is 9.27. The second-order valence-corrected chi connectivity index (χ2v) is 5.08. The van der Waals surface area contributed by atoms with Gasteiger partial charge in [-0.2, -0.15) is 13.2 Å². The number of esters is 1. The molecule has 0 saturated heterocycles.